The van der Waals surface area contributed by atoms with Gasteiger partial charge in [0.2, 0.25) is 5.91 Å². The third kappa shape index (κ3) is 4.27. The number of aromatic nitrogens is 1. The second-order valence-electron chi connectivity index (χ2n) is 5.66. The molecule has 0 aliphatic rings. The van der Waals surface area contributed by atoms with Crippen molar-refractivity contribution in [2.24, 2.45) is 0 Å². The van der Waals surface area contributed by atoms with Crippen LogP contribution in [0.25, 0.3) is 10.9 Å². The van der Waals surface area contributed by atoms with Crippen molar-refractivity contribution in [1.82, 2.24) is 4.98 Å². The van der Waals surface area contributed by atoms with Crippen LogP contribution in [-0.4, -0.2) is 29.4 Å². The van der Waals surface area contributed by atoms with E-state index in [-0.39, 0.29) is 11.6 Å². The summed E-state index contributed by atoms with van der Waals surface area (Å²) in [5.41, 5.74) is 2.15. The van der Waals surface area contributed by atoms with Crippen LogP contribution in [0.2, 0.25) is 0 Å². The molecule has 0 unspecified atom stereocenters. The Bertz CT molecular complexity index is 945. The Hall–Kier alpha value is -3.61. The van der Waals surface area contributed by atoms with Gasteiger partial charge in [0.05, 0.1) is 0 Å². The largest absolute Gasteiger partial charge is 0.451 e. The number of H-pyrrole nitrogens is 1. The van der Waals surface area contributed by atoms with Gasteiger partial charge in [0.15, 0.2) is 6.61 Å². The number of para-hydroxylation sites is 1. The summed E-state index contributed by atoms with van der Waals surface area (Å²) in [6, 6.07) is 15.8. The van der Waals surface area contributed by atoms with E-state index in [1.807, 2.05) is 24.3 Å². The van der Waals surface area contributed by atoms with Gasteiger partial charge in [0.1, 0.15) is 5.69 Å². The van der Waals surface area contributed by atoms with Crippen LogP contribution in [0.3, 0.4) is 0 Å². The molecular formula is C19H17N3O4. The fraction of sp³-hybridized carbons (Fsp3) is 0.105. The Morgan fingerprint density at radius 1 is 0.962 bits per heavy atom. The third-order valence-corrected chi connectivity index (χ3v) is 3.55. The van der Waals surface area contributed by atoms with Crippen molar-refractivity contribution in [3.8, 4) is 0 Å². The number of aromatic amines is 1. The molecule has 3 N–H and O–H groups in total. The van der Waals surface area contributed by atoms with E-state index in [4.69, 9.17) is 4.74 Å². The molecule has 26 heavy (non-hydrogen) atoms. The number of hydrogen-bond acceptors (Lipinski definition) is 4. The fourth-order valence-electron chi connectivity index (χ4n) is 2.47. The summed E-state index contributed by atoms with van der Waals surface area (Å²) in [6.07, 6.45) is 0. The highest BCUT2D eigenvalue weighted by atomic mass is 16.5. The van der Waals surface area contributed by atoms with Gasteiger partial charge in [0.25, 0.3) is 5.91 Å². The number of nitrogens with one attached hydrogen (secondary N) is 3. The molecule has 3 rings (SSSR count). The number of benzene rings is 2. The number of ether oxygens (including phenoxy) is 1. The predicted octanol–water partition coefficient (Wildman–Crippen LogP) is 2.92. The van der Waals surface area contributed by atoms with Gasteiger partial charge < -0.3 is 20.4 Å². The monoisotopic (exact) mass is 351 g/mol. The molecule has 0 atom stereocenters. The average Bonchev–Trinajstić information content (AvgIpc) is 3.03. The number of carbonyl (C=O) groups excluding carboxylic acids is 3. The maximum absolute atomic E-state index is 12.1. The highest BCUT2D eigenvalue weighted by molar-refractivity contribution is 5.98. The van der Waals surface area contributed by atoms with Crippen molar-refractivity contribution in [2.75, 3.05) is 17.2 Å². The van der Waals surface area contributed by atoms with Gasteiger partial charge in [-0.2, -0.15) is 0 Å². The minimum atomic E-state index is -0.608. The zero-order chi connectivity index (χ0) is 18.5. The van der Waals surface area contributed by atoms with Crippen molar-refractivity contribution in [1.29, 1.82) is 0 Å². The standard InChI is InChI=1S/C19H17N3O4/c1-12(23)20-14-6-4-7-15(10-14)21-18(24)11-26-19(25)17-9-13-5-2-3-8-16(13)22-17/h2-10,22H,11H2,1H3,(H,20,23)(H,21,24). The van der Waals surface area contributed by atoms with Crippen molar-refractivity contribution in [3.05, 3.63) is 60.3 Å². The number of amides is 2. The molecule has 0 fully saturated rings. The Balaban J connectivity index is 1.56. The van der Waals surface area contributed by atoms with Gasteiger partial charge in [-0.1, -0.05) is 24.3 Å². The predicted molar refractivity (Wildman–Crippen MR) is 98.0 cm³/mol. The second kappa shape index (κ2) is 7.52. The first-order valence-electron chi connectivity index (χ1n) is 7.93. The Labute approximate surface area is 149 Å². The van der Waals surface area contributed by atoms with E-state index in [1.54, 1.807) is 30.3 Å². The molecule has 0 radical (unpaired) electrons. The average molecular weight is 351 g/mol. The summed E-state index contributed by atoms with van der Waals surface area (Å²) in [5.74, 6) is -1.29. The minimum absolute atomic E-state index is 0.208. The molecule has 1 aromatic heterocycles. The summed E-state index contributed by atoms with van der Waals surface area (Å²) in [6.45, 7) is 0.979. The molecule has 132 valence electrons. The lowest BCUT2D eigenvalue weighted by atomic mass is 10.2. The van der Waals surface area contributed by atoms with E-state index in [2.05, 4.69) is 15.6 Å². The van der Waals surface area contributed by atoms with E-state index in [9.17, 15) is 14.4 Å². The van der Waals surface area contributed by atoms with E-state index in [0.717, 1.165) is 10.9 Å². The van der Waals surface area contributed by atoms with Crippen molar-refractivity contribution in [2.45, 2.75) is 6.92 Å². The molecule has 3 aromatic rings. The van der Waals surface area contributed by atoms with Crippen LogP contribution >= 0.6 is 0 Å². The summed E-state index contributed by atoms with van der Waals surface area (Å²) in [5, 5.41) is 6.12. The van der Waals surface area contributed by atoms with Crippen LogP contribution in [0.15, 0.2) is 54.6 Å². The summed E-state index contributed by atoms with van der Waals surface area (Å²) >= 11 is 0. The van der Waals surface area contributed by atoms with Crippen molar-refractivity contribution >= 4 is 40.1 Å². The number of carbonyl (C=O) groups is 3. The molecule has 0 aliphatic carbocycles. The number of rotatable bonds is 5. The van der Waals surface area contributed by atoms with Crippen LogP contribution in [0.1, 0.15) is 17.4 Å². The van der Waals surface area contributed by atoms with Gasteiger partial charge >= 0.3 is 5.97 Å². The Morgan fingerprint density at radius 3 is 2.42 bits per heavy atom. The number of fused-ring (bicyclic) bond motifs is 1. The number of anilines is 2. The molecule has 7 nitrogen and oxygen atoms in total. The van der Waals surface area contributed by atoms with Crippen LogP contribution in [0, 0.1) is 0 Å². The zero-order valence-electron chi connectivity index (χ0n) is 14.0. The molecular weight excluding hydrogens is 334 g/mol. The van der Waals surface area contributed by atoms with Crippen LogP contribution < -0.4 is 10.6 Å². The first kappa shape index (κ1) is 17.2. The smallest absolute Gasteiger partial charge is 0.355 e. The Kier molecular flexibility index (Phi) is 4.98. The molecule has 7 heteroatoms. The SMILES string of the molecule is CC(=O)Nc1cccc(NC(=O)COC(=O)c2cc3ccccc3[nH]2)c1. The van der Waals surface area contributed by atoms with Gasteiger partial charge in [0, 0.05) is 29.2 Å². The van der Waals surface area contributed by atoms with Gasteiger partial charge in [-0.3, -0.25) is 9.59 Å². The summed E-state index contributed by atoms with van der Waals surface area (Å²) in [7, 11) is 0. The van der Waals surface area contributed by atoms with Gasteiger partial charge in [-0.05, 0) is 30.3 Å². The second-order valence-corrected chi connectivity index (χ2v) is 5.66. The fourth-order valence-corrected chi connectivity index (χ4v) is 2.47. The van der Waals surface area contributed by atoms with E-state index >= 15 is 0 Å². The first-order chi connectivity index (χ1) is 12.5. The molecule has 2 amide bonds. The molecule has 1 heterocycles. The lowest BCUT2D eigenvalue weighted by Crippen LogP contribution is -2.21. The van der Waals surface area contributed by atoms with Gasteiger partial charge in [-0.15, -0.1) is 0 Å². The highest BCUT2D eigenvalue weighted by Gasteiger charge is 2.13. The first-order valence-corrected chi connectivity index (χ1v) is 7.93. The van der Waals surface area contributed by atoms with Crippen LogP contribution in [0.5, 0.6) is 0 Å². The third-order valence-electron chi connectivity index (χ3n) is 3.55. The maximum Gasteiger partial charge on any atom is 0.355 e. The number of esters is 1. The molecule has 0 saturated carbocycles. The zero-order valence-corrected chi connectivity index (χ0v) is 14.0. The van der Waals surface area contributed by atoms with E-state index < -0.39 is 18.5 Å². The molecule has 0 aliphatic heterocycles. The quantitative estimate of drug-likeness (QED) is 0.615. The molecule has 0 spiro atoms. The summed E-state index contributed by atoms with van der Waals surface area (Å²) in [4.78, 5) is 38.0. The molecule has 0 saturated heterocycles. The van der Waals surface area contributed by atoms with Gasteiger partial charge in [-0.25, -0.2) is 4.79 Å². The summed E-state index contributed by atoms with van der Waals surface area (Å²) < 4.78 is 5.03. The molecule has 0 bridgehead atoms. The van der Waals surface area contributed by atoms with E-state index in [0.29, 0.717) is 11.4 Å². The molecule has 2 aromatic carbocycles. The van der Waals surface area contributed by atoms with E-state index in [1.165, 1.54) is 6.92 Å². The lowest BCUT2D eigenvalue weighted by Gasteiger charge is -2.08. The highest BCUT2D eigenvalue weighted by Crippen LogP contribution is 2.16. The van der Waals surface area contributed by atoms with Crippen molar-refractivity contribution in [3.63, 3.8) is 0 Å². The van der Waals surface area contributed by atoms with Crippen LogP contribution in [0.4, 0.5) is 11.4 Å². The Morgan fingerprint density at radius 2 is 1.69 bits per heavy atom. The minimum Gasteiger partial charge on any atom is -0.451 e. The van der Waals surface area contributed by atoms with Crippen LogP contribution in [-0.2, 0) is 14.3 Å². The van der Waals surface area contributed by atoms with Crippen molar-refractivity contribution < 1.29 is 19.1 Å². The normalized spacial score (nSPS) is 10.3. The number of hydrogen-bond donors (Lipinski definition) is 3. The lowest BCUT2D eigenvalue weighted by molar-refractivity contribution is -0.119. The topological polar surface area (TPSA) is 100 Å². The maximum atomic E-state index is 12.1.